The van der Waals surface area contributed by atoms with Gasteiger partial charge in [0, 0.05) is 11.3 Å². The van der Waals surface area contributed by atoms with Crippen LogP contribution in [0.1, 0.15) is 0 Å². The van der Waals surface area contributed by atoms with Gasteiger partial charge in [-0.3, -0.25) is 9.10 Å². The molecule has 166 valence electrons. The molecular formula is C26H21FN2O3S. The first-order valence-electron chi connectivity index (χ1n) is 10.2. The highest BCUT2D eigenvalue weighted by Gasteiger charge is 2.27. The first kappa shape index (κ1) is 22.2. The maximum absolute atomic E-state index is 13.9. The molecule has 7 heteroatoms. The normalized spacial score (nSPS) is 11.1. The molecule has 0 fully saturated rings. The molecule has 0 spiro atoms. The standard InChI is InChI=1S/C26H21FN2O3S/c27-21-12-9-13-22(18-21)29(33(31,32)23-14-5-2-6-15-23)19-26(30)28-25-17-8-7-16-24(25)20-10-3-1-4-11-20/h1-18H,19H2,(H,28,30). The van der Waals surface area contributed by atoms with E-state index < -0.39 is 28.3 Å². The second-order valence-corrected chi connectivity index (χ2v) is 9.13. The zero-order valence-electron chi connectivity index (χ0n) is 17.6. The first-order valence-corrected chi connectivity index (χ1v) is 11.7. The molecule has 0 aliphatic rings. The molecule has 1 amide bonds. The number of rotatable bonds is 7. The van der Waals surface area contributed by atoms with Gasteiger partial charge in [-0.05, 0) is 42.0 Å². The van der Waals surface area contributed by atoms with Gasteiger partial charge in [-0.2, -0.15) is 0 Å². The van der Waals surface area contributed by atoms with Gasteiger partial charge >= 0.3 is 0 Å². The van der Waals surface area contributed by atoms with Crippen LogP contribution in [-0.4, -0.2) is 20.9 Å². The van der Waals surface area contributed by atoms with Gasteiger partial charge in [-0.25, -0.2) is 12.8 Å². The third-order valence-electron chi connectivity index (χ3n) is 5.00. The van der Waals surface area contributed by atoms with Crippen molar-refractivity contribution in [2.45, 2.75) is 4.90 Å². The number of carbonyl (C=O) groups is 1. The van der Waals surface area contributed by atoms with E-state index in [-0.39, 0.29) is 10.6 Å². The van der Waals surface area contributed by atoms with E-state index in [2.05, 4.69) is 5.32 Å². The molecule has 4 aromatic carbocycles. The number of benzene rings is 4. The minimum Gasteiger partial charge on any atom is -0.324 e. The molecule has 4 aromatic rings. The van der Waals surface area contributed by atoms with E-state index in [1.807, 2.05) is 42.5 Å². The molecule has 0 aliphatic heterocycles. The fraction of sp³-hybridized carbons (Fsp3) is 0.0385. The predicted octanol–water partition coefficient (Wildman–Crippen LogP) is 5.33. The Kier molecular flexibility index (Phi) is 6.51. The fourth-order valence-corrected chi connectivity index (χ4v) is 4.88. The smallest absolute Gasteiger partial charge is 0.264 e. The molecule has 5 nitrogen and oxygen atoms in total. The zero-order chi connectivity index (χ0) is 23.3. The Hall–Kier alpha value is -3.97. The Labute approximate surface area is 192 Å². The van der Waals surface area contributed by atoms with Crippen molar-refractivity contribution >= 4 is 27.3 Å². The lowest BCUT2D eigenvalue weighted by Gasteiger charge is -2.24. The maximum Gasteiger partial charge on any atom is 0.264 e. The summed E-state index contributed by atoms with van der Waals surface area (Å²) in [5, 5.41) is 2.81. The van der Waals surface area contributed by atoms with Crippen LogP contribution >= 0.6 is 0 Å². The van der Waals surface area contributed by atoms with Crippen LogP contribution in [0, 0.1) is 5.82 Å². The van der Waals surface area contributed by atoms with Crippen molar-refractivity contribution in [3.05, 3.63) is 115 Å². The summed E-state index contributed by atoms with van der Waals surface area (Å²) in [4.78, 5) is 13.0. The van der Waals surface area contributed by atoms with Gasteiger partial charge in [0.25, 0.3) is 10.0 Å². The summed E-state index contributed by atoms with van der Waals surface area (Å²) in [6.07, 6.45) is 0. The van der Waals surface area contributed by atoms with Crippen LogP contribution in [0.4, 0.5) is 15.8 Å². The SMILES string of the molecule is O=C(CN(c1cccc(F)c1)S(=O)(=O)c1ccccc1)Nc1ccccc1-c1ccccc1. The highest BCUT2D eigenvalue weighted by molar-refractivity contribution is 7.92. The Morgan fingerprint density at radius 1 is 0.788 bits per heavy atom. The molecule has 0 unspecified atom stereocenters. The van der Waals surface area contributed by atoms with Crippen LogP contribution in [0.3, 0.4) is 0 Å². The van der Waals surface area contributed by atoms with Crippen molar-refractivity contribution in [1.29, 1.82) is 0 Å². The molecule has 0 bridgehead atoms. The number of nitrogens with one attached hydrogen (secondary N) is 1. The van der Waals surface area contributed by atoms with E-state index in [0.29, 0.717) is 5.69 Å². The Morgan fingerprint density at radius 2 is 1.42 bits per heavy atom. The minimum absolute atomic E-state index is 0.00625. The maximum atomic E-state index is 13.9. The third kappa shape index (κ3) is 5.10. The first-order chi connectivity index (χ1) is 15.9. The van der Waals surface area contributed by atoms with Gasteiger partial charge in [-0.15, -0.1) is 0 Å². The van der Waals surface area contributed by atoms with Gasteiger partial charge in [0.15, 0.2) is 0 Å². The van der Waals surface area contributed by atoms with Gasteiger partial charge in [0.05, 0.1) is 10.6 Å². The summed E-state index contributed by atoms with van der Waals surface area (Å²) in [6.45, 7) is -0.524. The predicted molar refractivity (Wildman–Crippen MR) is 128 cm³/mol. The van der Waals surface area contributed by atoms with Crippen LogP contribution in [0.2, 0.25) is 0 Å². The lowest BCUT2D eigenvalue weighted by Crippen LogP contribution is -2.38. The summed E-state index contributed by atoms with van der Waals surface area (Å²) in [5.41, 5.74) is 2.32. The van der Waals surface area contributed by atoms with Crippen LogP contribution in [0.25, 0.3) is 11.1 Å². The highest BCUT2D eigenvalue weighted by Crippen LogP contribution is 2.28. The molecule has 0 atom stereocenters. The van der Waals surface area contributed by atoms with Crippen molar-refractivity contribution in [2.24, 2.45) is 0 Å². The van der Waals surface area contributed by atoms with Gasteiger partial charge in [-0.1, -0.05) is 72.8 Å². The van der Waals surface area contributed by atoms with Crippen molar-refractivity contribution in [2.75, 3.05) is 16.2 Å². The van der Waals surface area contributed by atoms with Crippen molar-refractivity contribution < 1.29 is 17.6 Å². The molecule has 1 N–H and O–H groups in total. The van der Waals surface area contributed by atoms with Crippen LogP contribution in [-0.2, 0) is 14.8 Å². The fourth-order valence-electron chi connectivity index (χ4n) is 3.45. The molecule has 0 saturated carbocycles. The number of para-hydroxylation sites is 1. The molecule has 0 aromatic heterocycles. The topological polar surface area (TPSA) is 66.5 Å². The number of nitrogens with zero attached hydrogens (tertiary/aromatic N) is 1. The summed E-state index contributed by atoms with van der Waals surface area (Å²) in [5.74, 6) is -1.15. The Morgan fingerprint density at radius 3 is 2.12 bits per heavy atom. The molecule has 0 radical (unpaired) electrons. The molecule has 0 saturated heterocycles. The van der Waals surface area contributed by atoms with Crippen molar-refractivity contribution in [3.8, 4) is 11.1 Å². The molecule has 0 aliphatic carbocycles. The van der Waals surface area contributed by atoms with Gasteiger partial charge in [0.2, 0.25) is 5.91 Å². The number of halogens is 1. The van der Waals surface area contributed by atoms with Crippen molar-refractivity contribution in [3.63, 3.8) is 0 Å². The van der Waals surface area contributed by atoms with Crippen LogP contribution < -0.4 is 9.62 Å². The summed E-state index contributed by atoms with van der Waals surface area (Å²) >= 11 is 0. The molecule has 4 rings (SSSR count). The van der Waals surface area contributed by atoms with Crippen LogP contribution in [0.15, 0.2) is 114 Å². The largest absolute Gasteiger partial charge is 0.324 e. The van der Waals surface area contributed by atoms with E-state index in [1.165, 1.54) is 30.3 Å². The van der Waals surface area contributed by atoms with Crippen molar-refractivity contribution in [1.82, 2.24) is 0 Å². The van der Waals surface area contributed by atoms with E-state index in [4.69, 9.17) is 0 Å². The monoisotopic (exact) mass is 460 g/mol. The number of sulfonamides is 1. The second kappa shape index (κ2) is 9.67. The molecule has 0 heterocycles. The lowest BCUT2D eigenvalue weighted by molar-refractivity contribution is -0.114. The third-order valence-corrected chi connectivity index (χ3v) is 6.79. The Bertz CT molecular complexity index is 1360. The summed E-state index contributed by atoms with van der Waals surface area (Å²) < 4.78 is 41.5. The van der Waals surface area contributed by atoms with Gasteiger partial charge < -0.3 is 5.32 Å². The number of anilines is 2. The van der Waals surface area contributed by atoms with E-state index in [1.54, 1.807) is 30.3 Å². The lowest BCUT2D eigenvalue weighted by atomic mass is 10.0. The van der Waals surface area contributed by atoms with Crippen LogP contribution in [0.5, 0.6) is 0 Å². The number of amides is 1. The number of hydrogen-bond acceptors (Lipinski definition) is 3. The highest BCUT2D eigenvalue weighted by atomic mass is 32.2. The zero-order valence-corrected chi connectivity index (χ0v) is 18.4. The average molecular weight is 461 g/mol. The number of hydrogen-bond donors (Lipinski definition) is 1. The minimum atomic E-state index is -4.11. The average Bonchev–Trinajstić information content (AvgIpc) is 2.84. The number of carbonyl (C=O) groups excluding carboxylic acids is 1. The quantitative estimate of drug-likeness (QED) is 0.406. The second-order valence-electron chi connectivity index (χ2n) is 7.26. The summed E-state index contributed by atoms with van der Waals surface area (Å²) in [6, 6.07) is 29.7. The molecular weight excluding hydrogens is 439 g/mol. The van der Waals surface area contributed by atoms with Gasteiger partial charge in [0.1, 0.15) is 12.4 Å². The molecule has 33 heavy (non-hydrogen) atoms. The Balaban J connectivity index is 1.66. The van der Waals surface area contributed by atoms with E-state index in [9.17, 15) is 17.6 Å². The van der Waals surface area contributed by atoms with E-state index >= 15 is 0 Å². The summed E-state index contributed by atoms with van der Waals surface area (Å²) in [7, 11) is -4.11. The van der Waals surface area contributed by atoms with E-state index in [0.717, 1.165) is 21.5 Å².